The zero-order valence-electron chi connectivity index (χ0n) is 19.4. The summed E-state index contributed by atoms with van der Waals surface area (Å²) in [4.78, 5) is 46.4. The number of nitrogens with zero attached hydrogens (tertiary/aromatic N) is 4. The van der Waals surface area contributed by atoms with Crippen molar-refractivity contribution in [3.63, 3.8) is 0 Å². The van der Waals surface area contributed by atoms with Crippen LogP contribution >= 0.6 is 0 Å². The van der Waals surface area contributed by atoms with Gasteiger partial charge in [-0.25, -0.2) is 0 Å². The smallest absolute Gasteiger partial charge is 0.236 e. The summed E-state index contributed by atoms with van der Waals surface area (Å²) in [7, 11) is 0. The van der Waals surface area contributed by atoms with Crippen molar-refractivity contribution >= 4 is 17.7 Å². The Hall–Kier alpha value is -1.63. The Bertz CT molecular complexity index is 637. The van der Waals surface area contributed by atoms with Crippen LogP contribution in [0.15, 0.2) is 0 Å². The Morgan fingerprint density at radius 1 is 0.833 bits per heavy atom. The molecule has 2 atom stereocenters. The van der Waals surface area contributed by atoms with E-state index in [1.54, 1.807) is 0 Å². The first kappa shape index (κ1) is 23.0. The van der Waals surface area contributed by atoms with Gasteiger partial charge in [0.05, 0.1) is 12.5 Å². The third-order valence-electron chi connectivity index (χ3n) is 6.87. The number of carbonyl (C=O) groups is 3. The predicted octanol–water partition coefficient (Wildman–Crippen LogP) is 1.82. The molecule has 0 aromatic carbocycles. The van der Waals surface area contributed by atoms with Crippen molar-refractivity contribution in [1.82, 2.24) is 19.6 Å². The van der Waals surface area contributed by atoms with Gasteiger partial charge >= 0.3 is 0 Å². The molecule has 0 aromatic rings. The maximum absolute atomic E-state index is 13.1. The van der Waals surface area contributed by atoms with Crippen LogP contribution in [0.25, 0.3) is 0 Å². The molecule has 0 spiro atoms. The minimum Gasteiger partial charge on any atom is -0.341 e. The molecular formula is C23H40N4O3. The van der Waals surface area contributed by atoms with Gasteiger partial charge in [-0.05, 0) is 39.0 Å². The number of amides is 3. The highest BCUT2D eigenvalue weighted by atomic mass is 16.2. The van der Waals surface area contributed by atoms with E-state index in [0.29, 0.717) is 32.2 Å². The summed E-state index contributed by atoms with van der Waals surface area (Å²) in [6, 6.07) is 0.346. The van der Waals surface area contributed by atoms with E-state index in [1.807, 2.05) is 35.5 Å². The molecule has 3 fully saturated rings. The van der Waals surface area contributed by atoms with Crippen molar-refractivity contribution < 1.29 is 14.4 Å². The van der Waals surface area contributed by atoms with E-state index >= 15 is 0 Å². The van der Waals surface area contributed by atoms with Crippen LogP contribution in [0.4, 0.5) is 0 Å². The van der Waals surface area contributed by atoms with E-state index < -0.39 is 5.41 Å². The quantitative estimate of drug-likeness (QED) is 0.699. The van der Waals surface area contributed by atoms with Crippen LogP contribution in [0.1, 0.15) is 59.8 Å². The molecule has 0 aliphatic carbocycles. The zero-order valence-corrected chi connectivity index (χ0v) is 19.4. The Balaban J connectivity index is 1.47. The molecule has 2 unspecified atom stereocenters. The normalized spacial score (nSPS) is 26.6. The van der Waals surface area contributed by atoms with E-state index in [2.05, 4.69) is 11.8 Å². The molecule has 0 aromatic heterocycles. The first-order valence-electron chi connectivity index (χ1n) is 11.8. The van der Waals surface area contributed by atoms with E-state index in [-0.39, 0.29) is 23.6 Å². The summed E-state index contributed by atoms with van der Waals surface area (Å²) in [5, 5.41) is 0. The lowest BCUT2D eigenvalue weighted by Gasteiger charge is -2.41. The zero-order chi connectivity index (χ0) is 21.9. The number of piperazine rings is 1. The molecule has 3 heterocycles. The summed E-state index contributed by atoms with van der Waals surface area (Å²) < 4.78 is 0. The maximum atomic E-state index is 13.1. The van der Waals surface area contributed by atoms with E-state index in [4.69, 9.17) is 0 Å². The first-order valence-corrected chi connectivity index (χ1v) is 11.8. The van der Waals surface area contributed by atoms with Crippen molar-refractivity contribution in [1.29, 1.82) is 0 Å². The number of piperidine rings is 2. The van der Waals surface area contributed by atoms with Gasteiger partial charge in [-0.3, -0.25) is 19.3 Å². The maximum Gasteiger partial charge on any atom is 0.236 e. The topological polar surface area (TPSA) is 64.2 Å². The summed E-state index contributed by atoms with van der Waals surface area (Å²) in [5.41, 5.74) is -0.408. The van der Waals surface area contributed by atoms with Crippen molar-refractivity contribution in [2.45, 2.75) is 65.8 Å². The van der Waals surface area contributed by atoms with Gasteiger partial charge < -0.3 is 14.7 Å². The van der Waals surface area contributed by atoms with Gasteiger partial charge in [-0.1, -0.05) is 20.8 Å². The van der Waals surface area contributed by atoms with E-state index in [0.717, 1.165) is 51.9 Å². The Morgan fingerprint density at radius 3 is 2.17 bits per heavy atom. The van der Waals surface area contributed by atoms with Crippen LogP contribution in [0.3, 0.4) is 0 Å². The standard InChI is InChI=1S/C23H40N4O3/c1-18-8-5-6-11-27(18)20(28)17-24-12-14-25(15-13-24)21(29)19-9-7-10-26(16-19)22(30)23(2,3)4/h18-19H,5-17H2,1-4H3. The summed E-state index contributed by atoms with van der Waals surface area (Å²) in [5.74, 6) is 0.449. The minimum absolute atomic E-state index is 0.0903. The van der Waals surface area contributed by atoms with Crippen molar-refractivity contribution in [3.05, 3.63) is 0 Å². The van der Waals surface area contributed by atoms with Crippen LogP contribution in [0, 0.1) is 11.3 Å². The Labute approximate surface area is 181 Å². The Morgan fingerprint density at radius 2 is 1.53 bits per heavy atom. The van der Waals surface area contributed by atoms with Crippen LogP contribution in [-0.4, -0.2) is 95.7 Å². The number of carbonyl (C=O) groups excluding carboxylic acids is 3. The minimum atomic E-state index is -0.408. The third-order valence-corrected chi connectivity index (χ3v) is 6.87. The van der Waals surface area contributed by atoms with Gasteiger partial charge in [-0.15, -0.1) is 0 Å². The van der Waals surface area contributed by atoms with Crippen molar-refractivity contribution in [2.75, 3.05) is 52.4 Å². The molecule has 0 radical (unpaired) electrons. The molecule has 7 nitrogen and oxygen atoms in total. The number of rotatable bonds is 3. The first-order chi connectivity index (χ1) is 14.2. The molecule has 3 rings (SSSR count). The second-order valence-electron chi connectivity index (χ2n) is 10.4. The van der Waals surface area contributed by atoms with E-state index in [1.165, 1.54) is 6.42 Å². The fraction of sp³-hybridized carbons (Fsp3) is 0.870. The van der Waals surface area contributed by atoms with Crippen molar-refractivity contribution in [2.24, 2.45) is 11.3 Å². The number of hydrogen-bond donors (Lipinski definition) is 0. The van der Waals surface area contributed by atoms with Crippen LogP contribution in [0.5, 0.6) is 0 Å². The fourth-order valence-corrected chi connectivity index (χ4v) is 4.97. The molecule has 3 amide bonds. The summed E-state index contributed by atoms with van der Waals surface area (Å²) >= 11 is 0. The molecular weight excluding hydrogens is 380 g/mol. The van der Waals surface area contributed by atoms with Crippen LogP contribution in [0.2, 0.25) is 0 Å². The second kappa shape index (κ2) is 9.67. The molecule has 170 valence electrons. The average Bonchev–Trinajstić information content (AvgIpc) is 2.73. The lowest BCUT2D eigenvalue weighted by atomic mass is 9.90. The highest BCUT2D eigenvalue weighted by molar-refractivity contribution is 5.84. The van der Waals surface area contributed by atoms with Gasteiger partial charge in [0.1, 0.15) is 0 Å². The van der Waals surface area contributed by atoms with Gasteiger partial charge in [-0.2, -0.15) is 0 Å². The molecule has 0 saturated carbocycles. The molecule has 0 bridgehead atoms. The highest BCUT2D eigenvalue weighted by Gasteiger charge is 2.36. The van der Waals surface area contributed by atoms with Gasteiger partial charge in [0, 0.05) is 57.3 Å². The lowest BCUT2D eigenvalue weighted by Crippen LogP contribution is -2.55. The SMILES string of the molecule is CC1CCCCN1C(=O)CN1CCN(C(=O)C2CCCN(C(=O)C(C)(C)C)C2)CC1. The summed E-state index contributed by atoms with van der Waals surface area (Å²) in [6.07, 6.45) is 5.17. The van der Waals surface area contributed by atoms with Gasteiger partial charge in [0.2, 0.25) is 17.7 Å². The fourth-order valence-electron chi connectivity index (χ4n) is 4.97. The Kier molecular flexibility index (Phi) is 7.43. The average molecular weight is 421 g/mol. The molecule has 0 N–H and O–H groups in total. The van der Waals surface area contributed by atoms with Crippen molar-refractivity contribution in [3.8, 4) is 0 Å². The molecule has 3 aliphatic heterocycles. The second-order valence-corrected chi connectivity index (χ2v) is 10.4. The monoisotopic (exact) mass is 420 g/mol. The van der Waals surface area contributed by atoms with Gasteiger partial charge in [0.15, 0.2) is 0 Å². The lowest BCUT2D eigenvalue weighted by molar-refractivity contribution is -0.146. The van der Waals surface area contributed by atoms with E-state index in [9.17, 15) is 14.4 Å². The van der Waals surface area contributed by atoms with Crippen LogP contribution in [-0.2, 0) is 14.4 Å². The van der Waals surface area contributed by atoms with Gasteiger partial charge in [0.25, 0.3) is 0 Å². The molecule has 30 heavy (non-hydrogen) atoms. The molecule has 3 saturated heterocycles. The summed E-state index contributed by atoms with van der Waals surface area (Å²) in [6.45, 7) is 13.4. The number of hydrogen-bond acceptors (Lipinski definition) is 4. The third kappa shape index (κ3) is 5.54. The molecule has 3 aliphatic rings. The molecule has 7 heteroatoms. The highest BCUT2D eigenvalue weighted by Crippen LogP contribution is 2.25. The largest absolute Gasteiger partial charge is 0.341 e. The number of likely N-dealkylation sites (tertiary alicyclic amines) is 2. The van der Waals surface area contributed by atoms with Crippen LogP contribution < -0.4 is 0 Å². The predicted molar refractivity (Wildman–Crippen MR) is 117 cm³/mol.